The van der Waals surface area contributed by atoms with Crippen molar-refractivity contribution in [2.24, 2.45) is 0 Å². The summed E-state index contributed by atoms with van der Waals surface area (Å²) in [6.45, 7) is 6.52. The lowest BCUT2D eigenvalue weighted by molar-refractivity contribution is 0.222. The molecule has 0 radical (unpaired) electrons. The van der Waals surface area contributed by atoms with Gasteiger partial charge in [0.25, 0.3) is 0 Å². The van der Waals surface area contributed by atoms with Gasteiger partial charge in [0.2, 0.25) is 5.95 Å². The zero-order valence-electron chi connectivity index (χ0n) is 10.7. The van der Waals surface area contributed by atoms with Crippen LogP contribution < -0.4 is 10.5 Å². The first-order valence-electron chi connectivity index (χ1n) is 5.80. The lowest BCUT2D eigenvalue weighted by Gasteiger charge is -2.09. The third-order valence-corrected chi connectivity index (χ3v) is 2.22. The molecule has 2 aromatic heterocycles. The van der Waals surface area contributed by atoms with Crippen LogP contribution in [0.1, 0.15) is 20.8 Å². The van der Waals surface area contributed by atoms with Crippen molar-refractivity contribution < 1.29 is 4.74 Å². The Bertz CT molecular complexity index is 536. The maximum Gasteiger partial charge on any atom is 0.322 e. The molecule has 2 heterocycles. The Balaban J connectivity index is 2.42. The fourth-order valence-corrected chi connectivity index (χ4v) is 1.52. The van der Waals surface area contributed by atoms with Crippen LogP contribution in [-0.2, 0) is 6.54 Å². The first-order valence-corrected chi connectivity index (χ1v) is 5.80. The van der Waals surface area contributed by atoms with Crippen molar-refractivity contribution >= 4 is 5.95 Å². The standard InChI is InChI=1S/C11H16N6O/c1-4-17-8(5-6-13-17)9-14-10(12)16-11(15-9)18-7(2)3/h5-7H,4H2,1-3H3,(H2,12,14,15,16). The molecule has 0 bridgehead atoms. The Labute approximate surface area is 105 Å². The molecule has 0 fully saturated rings. The largest absolute Gasteiger partial charge is 0.461 e. The van der Waals surface area contributed by atoms with Gasteiger partial charge in [-0.25, -0.2) is 0 Å². The smallest absolute Gasteiger partial charge is 0.322 e. The average molecular weight is 248 g/mol. The minimum absolute atomic E-state index is 0.0178. The van der Waals surface area contributed by atoms with Crippen molar-refractivity contribution in [3.05, 3.63) is 12.3 Å². The Hall–Kier alpha value is -2.18. The second-order valence-electron chi connectivity index (χ2n) is 4.00. The Morgan fingerprint density at radius 3 is 2.78 bits per heavy atom. The predicted octanol–water partition coefficient (Wildman–Crippen LogP) is 1.12. The van der Waals surface area contributed by atoms with Crippen LogP contribution in [0, 0.1) is 0 Å². The van der Waals surface area contributed by atoms with Crippen LogP contribution in [-0.4, -0.2) is 30.8 Å². The van der Waals surface area contributed by atoms with Crippen LogP contribution in [0.25, 0.3) is 11.5 Å². The molecule has 2 N–H and O–H groups in total. The third kappa shape index (κ3) is 2.55. The van der Waals surface area contributed by atoms with Crippen molar-refractivity contribution in [2.75, 3.05) is 5.73 Å². The molecule has 0 aliphatic rings. The Kier molecular flexibility index (Phi) is 3.40. The average Bonchev–Trinajstić information content (AvgIpc) is 2.75. The Morgan fingerprint density at radius 1 is 1.33 bits per heavy atom. The summed E-state index contributed by atoms with van der Waals surface area (Å²) in [4.78, 5) is 12.3. The van der Waals surface area contributed by atoms with E-state index in [9.17, 15) is 0 Å². The van der Waals surface area contributed by atoms with Crippen LogP contribution >= 0.6 is 0 Å². The van der Waals surface area contributed by atoms with Crippen molar-refractivity contribution in [2.45, 2.75) is 33.4 Å². The predicted molar refractivity (Wildman–Crippen MR) is 66.9 cm³/mol. The first kappa shape index (κ1) is 12.3. The van der Waals surface area contributed by atoms with Gasteiger partial charge < -0.3 is 10.5 Å². The van der Waals surface area contributed by atoms with Crippen molar-refractivity contribution in [3.63, 3.8) is 0 Å². The molecule has 2 aromatic rings. The maximum atomic E-state index is 5.66. The van der Waals surface area contributed by atoms with Crippen molar-refractivity contribution in [1.29, 1.82) is 0 Å². The van der Waals surface area contributed by atoms with E-state index in [0.29, 0.717) is 5.82 Å². The van der Waals surface area contributed by atoms with E-state index in [1.54, 1.807) is 10.9 Å². The zero-order valence-corrected chi connectivity index (χ0v) is 10.7. The second-order valence-corrected chi connectivity index (χ2v) is 4.00. The molecule has 0 saturated heterocycles. The molecule has 2 rings (SSSR count). The van der Waals surface area contributed by atoms with Gasteiger partial charge in [-0.3, -0.25) is 4.68 Å². The minimum atomic E-state index is -0.0178. The number of ether oxygens (including phenoxy) is 1. The van der Waals surface area contributed by atoms with Crippen LogP contribution in [0.15, 0.2) is 12.3 Å². The molecule has 0 spiro atoms. The van der Waals surface area contributed by atoms with Crippen molar-refractivity contribution in [3.8, 4) is 17.5 Å². The number of nitrogens with two attached hydrogens (primary N) is 1. The monoisotopic (exact) mass is 248 g/mol. The van der Waals surface area contributed by atoms with Gasteiger partial charge in [0, 0.05) is 12.7 Å². The molecular formula is C11H16N6O. The summed E-state index contributed by atoms with van der Waals surface area (Å²) in [6.07, 6.45) is 1.68. The van der Waals surface area contributed by atoms with Crippen molar-refractivity contribution in [1.82, 2.24) is 24.7 Å². The van der Waals surface area contributed by atoms with E-state index in [1.165, 1.54) is 0 Å². The number of aryl methyl sites for hydroxylation is 1. The highest BCUT2D eigenvalue weighted by atomic mass is 16.5. The normalized spacial score (nSPS) is 10.9. The van der Waals surface area contributed by atoms with Gasteiger partial charge in [0.1, 0.15) is 5.69 Å². The summed E-state index contributed by atoms with van der Waals surface area (Å²) >= 11 is 0. The number of nitrogens with zero attached hydrogens (tertiary/aromatic N) is 5. The molecule has 96 valence electrons. The van der Waals surface area contributed by atoms with E-state index < -0.39 is 0 Å². The summed E-state index contributed by atoms with van der Waals surface area (Å²) in [6, 6.07) is 2.06. The SMILES string of the molecule is CCn1nccc1-c1nc(N)nc(OC(C)C)n1. The minimum Gasteiger partial charge on any atom is -0.461 e. The third-order valence-electron chi connectivity index (χ3n) is 2.22. The fourth-order valence-electron chi connectivity index (χ4n) is 1.52. The molecule has 18 heavy (non-hydrogen) atoms. The van der Waals surface area contributed by atoms with Gasteiger partial charge in [0.15, 0.2) is 5.82 Å². The lowest BCUT2D eigenvalue weighted by atomic mass is 10.4. The van der Waals surface area contributed by atoms with Crippen LogP contribution in [0.4, 0.5) is 5.95 Å². The highest BCUT2D eigenvalue weighted by molar-refractivity contribution is 5.50. The molecule has 0 amide bonds. The number of hydrogen-bond acceptors (Lipinski definition) is 6. The molecule has 0 saturated carbocycles. The molecule has 0 atom stereocenters. The maximum absolute atomic E-state index is 5.66. The molecule has 0 unspecified atom stereocenters. The van der Waals surface area contributed by atoms with E-state index in [1.807, 2.05) is 26.8 Å². The van der Waals surface area contributed by atoms with Crippen LogP contribution in [0.2, 0.25) is 0 Å². The van der Waals surface area contributed by atoms with Gasteiger partial charge >= 0.3 is 6.01 Å². The molecular weight excluding hydrogens is 232 g/mol. The van der Waals surface area contributed by atoms with Gasteiger partial charge in [-0.2, -0.15) is 20.1 Å². The molecule has 0 aliphatic carbocycles. The molecule has 7 nitrogen and oxygen atoms in total. The highest BCUT2D eigenvalue weighted by Gasteiger charge is 2.12. The number of aromatic nitrogens is 5. The number of nitrogen functional groups attached to an aromatic ring is 1. The lowest BCUT2D eigenvalue weighted by Crippen LogP contribution is -2.12. The Morgan fingerprint density at radius 2 is 2.11 bits per heavy atom. The first-order chi connectivity index (χ1) is 8.60. The van der Waals surface area contributed by atoms with Gasteiger partial charge in [-0.05, 0) is 26.8 Å². The number of hydrogen-bond donors (Lipinski definition) is 1. The van der Waals surface area contributed by atoms with Gasteiger partial charge in [0.05, 0.1) is 6.10 Å². The van der Waals surface area contributed by atoms with E-state index >= 15 is 0 Å². The summed E-state index contributed by atoms with van der Waals surface area (Å²) in [5.74, 6) is 0.608. The quantitative estimate of drug-likeness (QED) is 0.871. The summed E-state index contributed by atoms with van der Waals surface area (Å²) < 4.78 is 7.22. The molecule has 0 aliphatic heterocycles. The summed E-state index contributed by atoms with van der Waals surface area (Å²) in [7, 11) is 0. The fraction of sp³-hybridized carbons (Fsp3) is 0.455. The van der Waals surface area contributed by atoms with Gasteiger partial charge in [-0.1, -0.05) is 0 Å². The van der Waals surface area contributed by atoms with E-state index in [4.69, 9.17) is 10.5 Å². The van der Waals surface area contributed by atoms with E-state index in [-0.39, 0.29) is 18.1 Å². The van der Waals surface area contributed by atoms with Gasteiger partial charge in [-0.15, -0.1) is 0 Å². The zero-order chi connectivity index (χ0) is 13.1. The van der Waals surface area contributed by atoms with E-state index in [2.05, 4.69) is 20.1 Å². The molecule has 7 heteroatoms. The highest BCUT2D eigenvalue weighted by Crippen LogP contribution is 2.17. The second kappa shape index (κ2) is 4.99. The number of rotatable bonds is 4. The van der Waals surface area contributed by atoms with Crippen LogP contribution in [0.3, 0.4) is 0 Å². The summed E-state index contributed by atoms with van der Waals surface area (Å²) in [5, 5.41) is 4.17. The van der Waals surface area contributed by atoms with Crippen LogP contribution in [0.5, 0.6) is 6.01 Å². The topological polar surface area (TPSA) is 91.7 Å². The van der Waals surface area contributed by atoms with E-state index in [0.717, 1.165) is 12.2 Å². The summed E-state index contributed by atoms with van der Waals surface area (Å²) in [5.41, 5.74) is 6.45. The number of anilines is 1. The molecule has 0 aromatic carbocycles.